The molecular formula is C33H25NO5. The Bertz CT molecular complexity index is 1710. The zero-order chi connectivity index (χ0) is 26.8. The molecule has 0 bridgehead atoms. The van der Waals surface area contributed by atoms with Gasteiger partial charge >= 0.3 is 5.97 Å². The predicted molar refractivity (Wildman–Crippen MR) is 147 cm³/mol. The molecule has 4 atom stereocenters. The zero-order valence-corrected chi connectivity index (χ0v) is 21.5. The van der Waals surface area contributed by atoms with Crippen molar-refractivity contribution >= 4 is 39.8 Å². The van der Waals surface area contributed by atoms with E-state index in [0.717, 1.165) is 33.0 Å². The molecule has 0 N–H and O–H groups in total. The molecule has 1 aliphatic carbocycles. The van der Waals surface area contributed by atoms with Crippen molar-refractivity contribution in [3.8, 4) is 11.5 Å². The molecule has 6 heteroatoms. The maximum Gasteiger partial charge on any atom is 0.319 e. The lowest BCUT2D eigenvalue weighted by Gasteiger charge is -2.38. The van der Waals surface area contributed by atoms with Gasteiger partial charge in [-0.2, -0.15) is 0 Å². The molecule has 1 saturated heterocycles. The Morgan fingerprint density at radius 1 is 0.821 bits per heavy atom. The quantitative estimate of drug-likeness (QED) is 0.199. The standard InChI is InChI=1S/C33H25NO5/c1-18-10-15-23-25-17-24(20-11-13-21(38-2)14-12-20)28-30(29(25)33(37)39-27(23)16-18)32(36)34(31(28)35)26-9-5-7-19-6-3-4-8-22(19)26/h3-17,24,28-30H,1-2H3/t24-,28+,29-,30+/m0/s1. The number of hydrogen-bond donors (Lipinski definition) is 0. The third-order valence-corrected chi connectivity index (χ3v) is 8.26. The number of carbonyl (C=O) groups excluding carboxylic acids is 3. The second kappa shape index (κ2) is 8.67. The smallest absolute Gasteiger partial charge is 0.319 e. The number of imide groups is 1. The highest BCUT2D eigenvalue weighted by atomic mass is 16.5. The highest BCUT2D eigenvalue weighted by molar-refractivity contribution is 6.27. The minimum absolute atomic E-state index is 0.306. The lowest BCUT2D eigenvalue weighted by Crippen LogP contribution is -2.42. The lowest BCUT2D eigenvalue weighted by molar-refractivity contribution is -0.142. The summed E-state index contributed by atoms with van der Waals surface area (Å²) in [6, 6.07) is 26.6. The number of benzene rings is 4. The Morgan fingerprint density at radius 2 is 1.56 bits per heavy atom. The summed E-state index contributed by atoms with van der Waals surface area (Å²) in [5.41, 5.74) is 3.91. The van der Waals surface area contributed by atoms with E-state index in [1.54, 1.807) is 13.2 Å². The van der Waals surface area contributed by atoms with Crippen LogP contribution in [0.1, 0.15) is 22.6 Å². The number of esters is 1. The molecule has 2 heterocycles. The number of carbonyl (C=O) groups is 3. The van der Waals surface area contributed by atoms with Crippen LogP contribution in [0.5, 0.6) is 11.5 Å². The van der Waals surface area contributed by atoms with E-state index in [2.05, 4.69) is 0 Å². The van der Waals surface area contributed by atoms with Gasteiger partial charge < -0.3 is 9.47 Å². The van der Waals surface area contributed by atoms with Crippen LogP contribution in [0.3, 0.4) is 0 Å². The molecule has 6 nitrogen and oxygen atoms in total. The van der Waals surface area contributed by atoms with Crippen molar-refractivity contribution in [1.29, 1.82) is 0 Å². The summed E-state index contributed by atoms with van der Waals surface area (Å²) in [5.74, 6) is -2.91. The van der Waals surface area contributed by atoms with Crippen molar-refractivity contribution in [2.75, 3.05) is 12.0 Å². The minimum Gasteiger partial charge on any atom is -0.497 e. The fourth-order valence-electron chi connectivity index (χ4n) is 6.46. The second-order valence-electron chi connectivity index (χ2n) is 10.4. The van der Waals surface area contributed by atoms with Crippen molar-refractivity contribution < 1.29 is 23.9 Å². The van der Waals surface area contributed by atoms with Gasteiger partial charge in [-0.3, -0.25) is 14.4 Å². The van der Waals surface area contributed by atoms with Gasteiger partial charge in [0.15, 0.2) is 0 Å². The highest BCUT2D eigenvalue weighted by Crippen LogP contribution is 2.55. The van der Waals surface area contributed by atoms with Gasteiger partial charge in [0, 0.05) is 16.9 Å². The maximum atomic E-state index is 14.3. The number of hydrogen-bond acceptors (Lipinski definition) is 5. The summed E-state index contributed by atoms with van der Waals surface area (Å²) >= 11 is 0. The van der Waals surface area contributed by atoms with E-state index < -0.39 is 29.6 Å². The summed E-state index contributed by atoms with van der Waals surface area (Å²) in [6.07, 6.45) is 2.00. The van der Waals surface area contributed by atoms with Crippen LogP contribution >= 0.6 is 0 Å². The molecule has 3 aliphatic rings. The van der Waals surface area contributed by atoms with E-state index in [-0.39, 0.29) is 11.8 Å². The largest absolute Gasteiger partial charge is 0.497 e. The number of ether oxygens (including phenoxy) is 2. The molecule has 0 spiro atoms. The van der Waals surface area contributed by atoms with Gasteiger partial charge in [-0.05, 0) is 53.3 Å². The topological polar surface area (TPSA) is 72.9 Å². The Kier molecular flexibility index (Phi) is 5.20. The second-order valence-corrected chi connectivity index (χ2v) is 10.4. The van der Waals surface area contributed by atoms with Gasteiger partial charge in [-0.1, -0.05) is 66.7 Å². The van der Waals surface area contributed by atoms with Crippen LogP contribution in [0.25, 0.3) is 16.3 Å². The normalized spacial score (nSPS) is 23.6. The van der Waals surface area contributed by atoms with E-state index >= 15 is 0 Å². The number of fused-ring (bicyclic) bond motifs is 6. The van der Waals surface area contributed by atoms with Crippen LogP contribution in [0.15, 0.2) is 91.0 Å². The molecule has 7 rings (SSSR count). The van der Waals surface area contributed by atoms with Gasteiger partial charge in [-0.15, -0.1) is 0 Å². The van der Waals surface area contributed by atoms with Gasteiger partial charge in [0.1, 0.15) is 11.5 Å². The van der Waals surface area contributed by atoms with E-state index in [1.165, 1.54) is 4.90 Å². The minimum atomic E-state index is -0.884. The molecule has 0 aromatic heterocycles. The SMILES string of the molecule is COc1ccc([C@@H]2C=C3c4ccc(C)cc4OC(=O)[C@@H]3[C@@H]3C(=O)N(c4cccc5ccccc45)C(=O)[C@@H]32)cc1. The molecule has 4 aromatic rings. The molecule has 4 aromatic carbocycles. The fourth-order valence-corrected chi connectivity index (χ4v) is 6.46. The molecule has 39 heavy (non-hydrogen) atoms. The Morgan fingerprint density at radius 3 is 2.36 bits per heavy atom. The number of methoxy groups -OCH3 is 1. The van der Waals surface area contributed by atoms with Gasteiger partial charge in [-0.25, -0.2) is 4.90 Å². The monoisotopic (exact) mass is 515 g/mol. The van der Waals surface area contributed by atoms with E-state index in [1.807, 2.05) is 91.9 Å². The van der Waals surface area contributed by atoms with Crippen LogP contribution in [-0.2, 0) is 14.4 Å². The molecule has 0 saturated carbocycles. The Hall–Kier alpha value is -4.71. The first-order valence-electron chi connectivity index (χ1n) is 13.0. The number of rotatable bonds is 3. The maximum absolute atomic E-state index is 14.3. The van der Waals surface area contributed by atoms with Gasteiger partial charge in [0.25, 0.3) is 0 Å². The molecule has 1 fully saturated rings. The number of aryl methyl sites for hydroxylation is 1. The lowest BCUT2D eigenvalue weighted by atomic mass is 9.64. The first kappa shape index (κ1) is 23.4. The van der Waals surface area contributed by atoms with Crippen molar-refractivity contribution in [3.05, 3.63) is 108 Å². The zero-order valence-electron chi connectivity index (χ0n) is 21.5. The Labute approximate surface area is 225 Å². The van der Waals surface area contributed by atoms with E-state index in [4.69, 9.17) is 9.47 Å². The first-order chi connectivity index (χ1) is 19.0. The Balaban J connectivity index is 1.43. The summed E-state index contributed by atoms with van der Waals surface area (Å²) in [4.78, 5) is 43.4. The molecule has 0 radical (unpaired) electrons. The average Bonchev–Trinajstić information content (AvgIpc) is 3.21. The van der Waals surface area contributed by atoms with E-state index in [0.29, 0.717) is 17.2 Å². The van der Waals surface area contributed by atoms with Gasteiger partial charge in [0.05, 0.1) is 30.6 Å². The summed E-state index contributed by atoms with van der Waals surface area (Å²) in [6.45, 7) is 1.94. The highest BCUT2D eigenvalue weighted by Gasteiger charge is 2.60. The number of amides is 2. The number of nitrogens with zero attached hydrogens (tertiary/aromatic N) is 1. The molecule has 192 valence electrons. The predicted octanol–water partition coefficient (Wildman–Crippen LogP) is 5.68. The van der Waals surface area contributed by atoms with Crippen LogP contribution in [0, 0.1) is 24.7 Å². The van der Waals surface area contributed by atoms with Crippen molar-refractivity contribution in [3.63, 3.8) is 0 Å². The fraction of sp³-hybridized carbons (Fsp3) is 0.182. The van der Waals surface area contributed by atoms with Crippen LogP contribution < -0.4 is 14.4 Å². The first-order valence-corrected chi connectivity index (χ1v) is 13.0. The number of allylic oxidation sites excluding steroid dienone is 1. The molecule has 0 unspecified atom stereocenters. The average molecular weight is 516 g/mol. The van der Waals surface area contributed by atoms with Gasteiger partial charge in [0.2, 0.25) is 11.8 Å². The number of anilines is 1. The molecule has 2 aliphatic heterocycles. The summed E-state index contributed by atoms with van der Waals surface area (Å²) in [7, 11) is 1.60. The molecule has 2 amide bonds. The summed E-state index contributed by atoms with van der Waals surface area (Å²) < 4.78 is 11.1. The third-order valence-electron chi connectivity index (χ3n) is 8.26. The summed E-state index contributed by atoms with van der Waals surface area (Å²) in [5, 5.41) is 1.74. The van der Waals surface area contributed by atoms with Crippen molar-refractivity contribution in [2.24, 2.45) is 17.8 Å². The molecular weight excluding hydrogens is 490 g/mol. The van der Waals surface area contributed by atoms with Crippen molar-refractivity contribution in [2.45, 2.75) is 12.8 Å². The van der Waals surface area contributed by atoms with Crippen LogP contribution in [0.2, 0.25) is 0 Å². The van der Waals surface area contributed by atoms with Crippen LogP contribution in [0.4, 0.5) is 5.69 Å². The van der Waals surface area contributed by atoms with Crippen molar-refractivity contribution in [1.82, 2.24) is 0 Å². The third kappa shape index (κ3) is 3.44. The van der Waals surface area contributed by atoms with Crippen LogP contribution in [-0.4, -0.2) is 24.9 Å². The van der Waals surface area contributed by atoms with E-state index in [9.17, 15) is 14.4 Å².